The number of nitro benzene ring substituents is 1. The molecule has 0 radical (unpaired) electrons. The highest BCUT2D eigenvalue weighted by molar-refractivity contribution is 6.34. The van der Waals surface area contributed by atoms with Crippen LogP contribution in [0.5, 0.6) is 11.5 Å². The summed E-state index contributed by atoms with van der Waals surface area (Å²) in [4.78, 5) is 34.8. The van der Waals surface area contributed by atoms with Gasteiger partial charge in [-0.15, -0.1) is 0 Å². The SMILES string of the molecule is COc1ccc(OC)c(C(=O)OC(C)C(=O)Nc2ccc([N+](=O)[O-])cc2Cl)c1. The van der Waals surface area contributed by atoms with Crippen molar-refractivity contribution in [1.29, 1.82) is 0 Å². The summed E-state index contributed by atoms with van der Waals surface area (Å²) in [7, 11) is 2.84. The Kier molecular flexibility index (Phi) is 6.78. The van der Waals surface area contributed by atoms with Crippen LogP contribution in [0.15, 0.2) is 36.4 Å². The van der Waals surface area contributed by atoms with E-state index in [2.05, 4.69) is 5.32 Å². The maximum absolute atomic E-state index is 12.4. The molecule has 0 saturated carbocycles. The summed E-state index contributed by atoms with van der Waals surface area (Å²) >= 11 is 5.94. The van der Waals surface area contributed by atoms with Gasteiger partial charge in [-0.3, -0.25) is 14.9 Å². The molecule has 2 aromatic carbocycles. The molecular weight excluding hydrogens is 392 g/mol. The first-order chi connectivity index (χ1) is 13.3. The average Bonchev–Trinajstić information content (AvgIpc) is 2.68. The Morgan fingerprint density at radius 1 is 1.14 bits per heavy atom. The molecule has 10 heteroatoms. The molecule has 28 heavy (non-hydrogen) atoms. The lowest BCUT2D eigenvalue weighted by Gasteiger charge is -2.15. The number of amides is 1. The largest absolute Gasteiger partial charge is 0.497 e. The van der Waals surface area contributed by atoms with Crippen molar-refractivity contribution >= 4 is 34.9 Å². The first kappa shape index (κ1) is 21.0. The predicted molar refractivity (Wildman–Crippen MR) is 101 cm³/mol. The molecule has 0 saturated heterocycles. The first-order valence-electron chi connectivity index (χ1n) is 7.94. The third-order valence-corrected chi connectivity index (χ3v) is 4.01. The van der Waals surface area contributed by atoms with Crippen molar-refractivity contribution in [2.45, 2.75) is 13.0 Å². The number of ether oxygens (including phenoxy) is 3. The molecular formula is C18H17ClN2O7. The molecule has 1 atom stereocenters. The topological polar surface area (TPSA) is 117 Å². The third-order valence-electron chi connectivity index (χ3n) is 3.70. The molecule has 1 amide bonds. The fourth-order valence-corrected chi connectivity index (χ4v) is 2.43. The number of hydrogen-bond donors (Lipinski definition) is 1. The van der Waals surface area contributed by atoms with Crippen LogP contribution >= 0.6 is 11.6 Å². The summed E-state index contributed by atoms with van der Waals surface area (Å²) < 4.78 is 15.4. The molecule has 0 spiro atoms. The van der Waals surface area contributed by atoms with E-state index in [1.807, 2.05) is 0 Å². The number of methoxy groups -OCH3 is 2. The summed E-state index contributed by atoms with van der Waals surface area (Å²) in [6, 6.07) is 8.17. The van der Waals surface area contributed by atoms with Gasteiger partial charge in [-0.2, -0.15) is 0 Å². The van der Waals surface area contributed by atoms with Gasteiger partial charge in [0.2, 0.25) is 0 Å². The predicted octanol–water partition coefficient (Wildman–Crippen LogP) is 3.45. The Morgan fingerprint density at radius 2 is 1.86 bits per heavy atom. The van der Waals surface area contributed by atoms with Gasteiger partial charge in [0.15, 0.2) is 6.10 Å². The number of esters is 1. The minimum absolute atomic E-state index is 0.0180. The molecule has 2 aromatic rings. The van der Waals surface area contributed by atoms with Gasteiger partial charge in [0, 0.05) is 12.1 Å². The van der Waals surface area contributed by atoms with Gasteiger partial charge in [0.25, 0.3) is 11.6 Å². The Morgan fingerprint density at radius 3 is 2.43 bits per heavy atom. The quantitative estimate of drug-likeness (QED) is 0.423. The number of non-ortho nitro benzene ring substituents is 1. The molecule has 2 rings (SSSR count). The smallest absolute Gasteiger partial charge is 0.342 e. The molecule has 0 fully saturated rings. The number of carbonyl (C=O) groups excluding carboxylic acids is 2. The second-order valence-corrected chi connectivity index (χ2v) is 5.93. The van der Waals surface area contributed by atoms with Crippen LogP contribution in [0.1, 0.15) is 17.3 Å². The zero-order valence-electron chi connectivity index (χ0n) is 15.2. The number of halogens is 1. The van der Waals surface area contributed by atoms with Crippen LogP contribution in [-0.2, 0) is 9.53 Å². The molecule has 9 nitrogen and oxygen atoms in total. The van der Waals surface area contributed by atoms with Crippen LogP contribution in [0.2, 0.25) is 5.02 Å². The summed E-state index contributed by atoms with van der Waals surface area (Å²) in [6.07, 6.45) is -1.17. The highest BCUT2D eigenvalue weighted by Gasteiger charge is 2.23. The van der Waals surface area contributed by atoms with E-state index in [9.17, 15) is 19.7 Å². The van der Waals surface area contributed by atoms with E-state index in [4.69, 9.17) is 25.8 Å². The summed E-state index contributed by atoms with van der Waals surface area (Å²) in [5.74, 6) is -0.765. The van der Waals surface area contributed by atoms with E-state index < -0.39 is 22.9 Å². The normalized spacial score (nSPS) is 11.3. The van der Waals surface area contributed by atoms with Crippen molar-refractivity contribution in [3.05, 3.63) is 57.1 Å². The van der Waals surface area contributed by atoms with Gasteiger partial charge < -0.3 is 19.5 Å². The molecule has 0 bridgehead atoms. The Balaban J connectivity index is 2.10. The molecule has 1 unspecified atom stereocenters. The first-order valence-corrected chi connectivity index (χ1v) is 8.32. The highest BCUT2D eigenvalue weighted by Crippen LogP contribution is 2.27. The van der Waals surface area contributed by atoms with E-state index in [1.54, 1.807) is 6.07 Å². The van der Waals surface area contributed by atoms with E-state index in [-0.39, 0.29) is 27.7 Å². The van der Waals surface area contributed by atoms with Crippen LogP contribution in [0, 0.1) is 10.1 Å². The second kappa shape index (κ2) is 9.05. The van der Waals surface area contributed by atoms with Crippen molar-refractivity contribution in [1.82, 2.24) is 0 Å². The minimum atomic E-state index is -1.17. The fraction of sp³-hybridized carbons (Fsp3) is 0.222. The maximum atomic E-state index is 12.4. The fourth-order valence-electron chi connectivity index (χ4n) is 2.20. The van der Waals surface area contributed by atoms with E-state index in [0.29, 0.717) is 5.75 Å². The van der Waals surface area contributed by atoms with Crippen LogP contribution < -0.4 is 14.8 Å². The van der Waals surface area contributed by atoms with Crippen molar-refractivity contribution in [2.24, 2.45) is 0 Å². The van der Waals surface area contributed by atoms with Crippen LogP contribution in [-0.4, -0.2) is 37.1 Å². The zero-order chi connectivity index (χ0) is 20.8. The van der Waals surface area contributed by atoms with Crippen LogP contribution in [0.4, 0.5) is 11.4 Å². The van der Waals surface area contributed by atoms with Gasteiger partial charge >= 0.3 is 5.97 Å². The zero-order valence-corrected chi connectivity index (χ0v) is 16.0. The number of nitrogens with zero attached hydrogens (tertiary/aromatic N) is 1. The van der Waals surface area contributed by atoms with Crippen LogP contribution in [0.3, 0.4) is 0 Å². The van der Waals surface area contributed by atoms with E-state index in [0.717, 1.165) is 6.07 Å². The number of nitrogens with one attached hydrogen (secondary N) is 1. The number of benzene rings is 2. The summed E-state index contributed by atoms with van der Waals surface area (Å²) in [6.45, 7) is 1.37. The second-order valence-electron chi connectivity index (χ2n) is 5.52. The number of anilines is 1. The Bertz CT molecular complexity index is 917. The number of nitro groups is 1. The number of hydrogen-bond acceptors (Lipinski definition) is 7. The molecule has 0 aliphatic rings. The monoisotopic (exact) mass is 408 g/mol. The lowest BCUT2D eigenvalue weighted by Crippen LogP contribution is -2.30. The van der Waals surface area contributed by atoms with Crippen LogP contribution in [0.25, 0.3) is 0 Å². The van der Waals surface area contributed by atoms with Crippen molar-refractivity contribution in [3.63, 3.8) is 0 Å². The molecule has 1 N–H and O–H groups in total. The van der Waals surface area contributed by atoms with Gasteiger partial charge in [0.05, 0.1) is 29.9 Å². The number of carbonyl (C=O) groups is 2. The molecule has 0 aliphatic heterocycles. The average molecular weight is 409 g/mol. The highest BCUT2D eigenvalue weighted by atomic mass is 35.5. The Hall–Kier alpha value is -3.33. The van der Waals surface area contributed by atoms with Gasteiger partial charge in [0.1, 0.15) is 17.1 Å². The minimum Gasteiger partial charge on any atom is -0.497 e. The lowest BCUT2D eigenvalue weighted by molar-refractivity contribution is -0.384. The lowest BCUT2D eigenvalue weighted by atomic mass is 10.2. The maximum Gasteiger partial charge on any atom is 0.342 e. The molecule has 0 aromatic heterocycles. The number of rotatable bonds is 7. The van der Waals surface area contributed by atoms with E-state index >= 15 is 0 Å². The van der Waals surface area contributed by atoms with Crippen molar-refractivity contribution in [3.8, 4) is 11.5 Å². The summed E-state index contributed by atoms with van der Waals surface area (Å²) in [5, 5.41) is 13.2. The van der Waals surface area contributed by atoms with Gasteiger partial charge in [-0.1, -0.05) is 11.6 Å². The third kappa shape index (κ3) is 4.89. The molecule has 148 valence electrons. The molecule has 0 aliphatic carbocycles. The summed E-state index contributed by atoms with van der Waals surface area (Å²) in [5.41, 5.74) is 0.0293. The van der Waals surface area contributed by atoms with Crippen molar-refractivity contribution in [2.75, 3.05) is 19.5 Å². The van der Waals surface area contributed by atoms with Gasteiger partial charge in [-0.25, -0.2) is 4.79 Å². The van der Waals surface area contributed by atoms with E-state index in [1.165, 1.54) is 45.4 Å². The van der Waals surface area contributed by atoms with Gasteiger partial charge in [-0.05, 0) is 31.2 Å². The Labute approximate surface area is 165 Å². The molecule has 0 heterocycles. The standard InChI is InChI=1S/C18H17ClN2O7/c1-10(17(22)20-15-6-4-11(21(24)25)8-14(15)19)28-18(23)13-9-12(26-2)5-7-16(13)27-3/h4-10H,1-3H3,(H,20,22). The van der Waals surface area contributed by atoms with Crippen molar-refractivity contribution < 1.29 is 28.7 Å².